The molecule has 3 aromatic rings. The maximum absolute atomic E-state index is 10.3. The van der Waals surface area contributed by atoms with Gasteiger partial charge in [0.05, 0.1) is 5.69 Å². The largest absolute Gasteiger partial charge is 0.494 e. The Hall–Kier alpha value is -2.14. The minimum atomic E-state index is 0.00385. The van der Waals surface area contributed by atoms with Gasteiger partial charge in [-0.15, -0.1) is 0 Å². The van der Waals surface area contributed by atoms with Gasteiger partial charge in [0.1, 0.15) is 0 Å². The molecule has 2 aromatic carbocycles. The van der Waals surface area contributed by atoms with E-state index in [4.69, 9.17) is 23.2 Å². The summed E-state index contributed by atoms with van der Waals surface area (Å²) in [7, 11) is 0. The Balaban J connectivity index is 1.70. The Bertz CT molecular complexity index is 1040. The average Bonchev–Trinajstić information content (AvgIpc) is 3.47. The molecule has 0 saturated heterocycles. The number of benzene rings is 2. The van der Waals surface area contributed by atoms with Gasteiger partial charge < -0.3 is 10.2 Å². The third kappa shape index (κ3) is 2.96. The standard InChI is InChI=1S/C22H20Cl2N2O2/c23-13-9-16-17(11-25(14-5-6-14)12-18(16)19(24)10-13)15-3-1-2-4-20(15)26-21(27)7-8-22(26)28/h1-4,7-10,14,17,27-28H,5-6,11-12H2/t17-/m0/s1. The molecule has 1 aromatic heterocycles. The summed E-state index contributed by atoms with van der Waals surface area (Å²) in [5.41, 5.74) is 4.01. The van der Waals surface area contributed by atoms with Crippen LogP contribution in [0.1, 0.15) is 35.4 Å². The zero-order chi connectivity index (χ0) is 19.4. The Morgan fingerprint density at radius 1 is 0.893 bits per heavy atom. The molecule has 4 nitrogen and oxygen atoms in total. The topological polar surface area (TPSA) is 48.6 Å². The number of nitrogens with zero attached hydrogens (tertiary/aromatic N) is 2. The third-order valence-corrected chi connectivity index (χ3v) is 6.36. The van der Waals surface area contributed by atoms with Gasteiger partial charge in [0.25, 0.3) is 0 Å². The van der Waals surface area contributed by atoms with Crippen molar-refractivity contribution in [3.63, 3.8) is 0 Å². The van der Waals surface area contributed by atoms with Crippen molar-refractivity contribution in [2.45, 2.75) is 31.3 Å². The van der Waals surface area contributed by atoms with Crippen molar-refractivity contribution in [1.29, 1.82) is 0 Å². The Labute approximate surface area is 173 Å². The zero-order valence-corrected chi connectivity index (χ0v) is 16.7. The molecular weight excluding hydrogens is 395 g/mol. The van der Waals surface area contributed by atoms with Gasteiger partial charge >= 0.3 is 0 Å². The van der Waals surface area contributed by atoms with Crippen molar-refractivity contribution in [1.82, 2.24) is 9.47 Å². The molecule has 1 atom stereocenters. The first-order valence-electron chi connectivity index (χ1n) is 9.44. The molecule has 1 fully saturated rings. The molecule has 6 heteroatoms. The van der Waals surface area contributed by atoms with Crippen molar-refractivity contribution in [2.75, 3.05) is 6.54 Å². The highest BCUT2D eigenvalue weighted by Crippen LogP contribution is 2.44. The predicted molar refractivity (Wildman–Crippen MR) is 111 cm³/mol. The van der Waals surface area contributed by atoms with E-state index in [-0.39, 0.29) is 17.7 Å². The summed E-state index contributed by atoms with van der Waals surface area (Å²) in [6.45, 7) is 1.68. The van der Waals surface area contributed by atoms with Crippen LogP contribution in [0.15, 0.2) is 48.5 Å². The Morgan fingerprint density at radius 2 is 1.61 bits per heavy atom. The maximum Gasteiger partial charge on any atom is 0.198 e. The van der Waals surface area contributed by atoms with E-state index in [2.05, 4.69) is 4.90 Å². The van der Waals surface area contributed by atoms with Gasteiger partial charge in [-0.2, -0.15) is 0 Å². The number of hydrogen-bond donors (Lipinski definition) is 2. The van der Waals surface area contributed by atoms with Crippen LogP contribution in [0.25, 0.3) is 5.69 Å². The third-order valence-electron chi connectivity index (χ3n) is 5.80. The lowest BCUT2D eigenvalue weighted by Gasteiger charge is -2.36. The summed E-state index contributed by atoms with van der Waals surface area (Å²) in [6.07, 6.45) is 2.43. The molecule has 5 rings (SSSR count). The van der Waals surface area contributed by atoms with E-state index in [1.807, 2.05) is 36.4 Å². The van der Waals surface area contributed by atoms with Gasteiger partial charge in [-0.1, -0.05) is 41.4 Å². The molecule has 2 aliphatic rings. The molecule has 144 valence electrons. The molecular formula is C22H20Cl2N2O2. The summed E-state index contributed by atoms with van der Waals surface area (Å²) >= 11 is 12.9. The van der Waals surface area contributed by atoms with E-state index in [0.717, 1.165) is 35.5 Å². The summed E-state index contributed by atoms with van der Waals surface area (Å²) in [4.78, 5) is 2.49. The Kier molecular flexibility index (Phi) is 4.31. The molecule has 0 bridgehead atoms. The van der Waals surface area contributed by atoms with Gasteiger partial charge in [0, 0.05) is 47.2 Å². The predicted octanol–water partition coefficient (Wildman–Crippen LogP) is 5.31. The smallest absolute Gasteiger partial charge is 0.198 e. The lowest BCUT2D eigenvalue weighted by atomic mass is 9.83. The van der Waals surface area contributed by atoms with Crippen molar-refractivity contribution in [3.05, 3.63) is 75.3 Å². The lowest BCUT2D eigenvalue weighted by molar-refractivity contribution is 0.230. The van der Waals surface area contributed by atoms with E-state index in [0.29, 0.717) is 16.1 Å². The van der Waals surface area contributed by atoms with E-state index < -0.39 is 0 Å². The van der Waals surface area contributed by atoms with Crippen LogP contribution < -0.4 is 0 Å². The molecule has 2 N–H and O–H groups in total. The lowest BCUT2D eigenvalue weighted by Crippen LogP contribution is -2.36. The van der Waals surface area contributed by atoms with Crippen LogP contribution in [-0.4, -0.2) is 32.3 Å². The number of halogens is 2. The average molecular weight is 415 g/mol. The summed E-state index contributed by atoms with van der Waals surface area (Å²) in [5, 5.41) is 21.9. The van der Waals surface area contributed by atoms with Crippen molar-refractivity contribution in [3.8, 4) is 17.4 Å². The van der Waals surface area contributed by atoms with Gasteiger partial charge in [-0.05, 0) is 47.7 Å². The normalized spacial score (nSPS) is 19.6. The number of fused-ring (bicyclic) bond motifs is 1. The second kappa shape index (κ2) is 6.73. The second-order valence-electron chi connectivity index (χ2n) is 7.61. The number of aromatic hydroxyl groups is 2. The first-order chi connectivity index (χ1) is 13.5. The van der Waals surface area contributed by atoms with Gasteiger partial charge in [0.15, 0.2) is 11.8 Å². The van der Waals surface area contributed by atoms with Crippen LogP contribution in [0.3, 0.4) is 0 Å². The molecule has 0 spiro atoms. The highest BCUT2D eigenvalue weighted by molar-refractivity contribution is 6.35. The van der Waals surface area contributed by atoms with E-state index in [9.17, 15) is 10.2 Å². The summed E-state index contributed by atoms with van der Waals surface area (Å²) in [6, 6.07) is 15.3. The first-order valence-corrected chi connectivity index (χ1v) is 10.2. The highest BCUT2D eigenvalue weighted by Gasteiger charge is 2.37. The van der Waals surface area contributed by atoms with Crippen LogP contribution in [0.5, 0.6) is 11.8 Å². The van der Waals surface area contributed by atoms with Crippen LogP contribution in [0, 0.1) is 0 Å². The monoisotopic (exact) mass is 414 g/mol. The van der Waals surface area contributed by atoms with Crippen molar-refractivity contribution < 1.29 is 10.2 Å². The molecule has 0 unspecified atom stereocenters. The minimum absolute atomic E-state index is 0.00385. The first kappa shape index (κ1) is 17.9. The summed E-state index contributed by atoms with van der Waals surface area (Å²) < 4.78 is 1.47. The fourth-order valence-corrected chi connectivity index (χ4v) is 4.90. The number of aromatic nitrogens is 1. The SMILES string of the molecule is Oc1ccc(O)n1-c1ccccc1[C@@H]1CN(C2CC2)Cc2c(Cl)cc(Cl)cc21. The fraction of sp³-hybridized carbons (Fsp3) is 0.273. The fourth-order valence-electron chi connectivity index (χ4n) is 4.33. The second-order valence-corrected chi connectivity index (χ2v) is 8.46. The van der Waals surface area contributed by atoms with Crippen LogP contribution in [0.4, 0.5) is 0 Å². The molecule has 1 aliphatic heterocycles. The maximum atomic E-state index is 10.3. The van der Waals surface area contributed by atoms with Crippen LogP contribution >= 0.6 is 23.2 Å². The molecule has 28 heavy (non-hydrogen) atoms. The molecule has 2 heterocycles. The number of para-hydroxylation sites is 1. The minimum Gasteiger partial charge on any atom is -0.494 e. The van der Waals surface area contributed by atoms with E-state index in [1.165, 1.54) is 29.5 Å². The van der Waals surface area contributed by atoms with Crippen LogP contribution in [-0.2, 0) is 6.54 Å². The van der Waals surface area contributed by atoms with Gasteiger partial charge in [0.2, 0.25) is 0 Å². The summed E-state index contributed by atoms with van der Waals surface area (Å²) in [5.74, 6) is 0.0475. The van der Waals surface area contributed by atoms with E-state index >= 15 is 0 Å². The van der Waals surface area contributed by atoms with Crippen LogP contribution in [0.2, 0.25) is 10.0 Å². The Morgan fingerprint density at radius 3 is 2.32 bits per heavy atom. The van der Waals surface area contributed by atoms with Gasteiger partial charge in [-0.3, -0.25) is 9.47 Å². The molecule has 1 aliphatic carbocycles. The van der Waals surface area contributed by atoms with Gasteiger partial charge in [-0.25, -0.2) is 0 Å². The molecule has 0 amide bonds. The molecule has 0 radical (unpaired) electrons. The zero-order valence-electron chi connectivity index (χ0n) is 15.1. The van der Waals surface area contributed by atoms with Crippen molar-refractivity contribution >= 4 is 23.2 Å². The quantitative estimate of drug-likeness (QED) is 0.610. The number of rotatable bonds is 3. The van der Waals surface area contributed by atoms with Crippen molar-refractivity contribution in [2.24, 2.45) is 0 Å². The highest BCUT2D eigenvalue weighted by atomic mass is 35.5. The molecule has 1 saturated carbocycles. The van der Waals surface area contributed by atoms with E-state index in [1.54, 1.807) is 0 Å². The number of hydrogen-bond acceptors (Lipinski definition) is 3.